The first-order valence-electron chi connectivity index (χ1n) is 28.5. The highest BCUT2D eigenvalue weighted by Gasteiger charge is 2.18. The first kappa shape index (κ1) is 62.1. The largest absolute Gasteiger partial charge is 0.394 e. The summed E-state index contributed by atoms with van der Waals surface area (Å²) in [4.78, 5) is 12.5. The SMILES string of the molecule is CC/C=C\C/C=C\C/C=C\C/C=C\CCCCCCCCCCCCC(=O)NC(CO)C(O)/C=C/CCCCCCCCCCCCCCCCCCCCCCCCCCCCC. The number of nitrogens with one attached hydrogen (secondary N) is 1. The van der Waals surface area contributed by atoms with Gasteiger partial charge in [-0.2, -0.15) is 0 Å². The molecule has 0 aliphatic heterocycles. The van der Waals surface area contributed by atoms with Crippen molar-refractivity contribution >= 4 is 5.91 Å². The predicted octanol–water partition coefficient (Wildman–Crippen LogP) is 18.8. The van der Waals surface area contributed by atoms with Gasteiger partial charge in [0.05, 0.1) is 18.8 Å². The molecule has 0 radical (unpaired) electrons. The van der Waals surface area contributed by atoms with Crippen LogP contribution in [-0.4, -0.2) is 34.9 Å². The minimum atomic E-state index is -0.845. The van der Waals surface area contributed by atoms with E-state index in [4.69, 9.17) is 0 Å². The Morgan fingerprint density at radius 1 is 0.391 bits per heavy atom. The van der Waals surface area contributed by atoms with Crippen LogP contribution in [0.4, 0.5) is 0 Å². The van der Waals surface area contributed by atoms with Crippen molar-refractivity contribution in [3.63, 3.8) is 0 Å². The molecule has 0 bridgehead atoms. The van der Waals surface area contributed by atoms with Gasteiger partial charge in [-0.1, -0.05) is 293 Å². The maximum absolute atomic E-state index is 12.5. The minimum Gasteiger partial charge on any atom is -0.394 e. The lowest BCUT2D eigenvalue weighted by Crippen LogP contribution is -2.45. The van der Waals surface area contributed by atoms with E-state index in [1.54, 1.807) is 6.08 Å². The van der Waals surface area contributed by atoms with Gasteiger partial charge in [-0.05, 0) is 57.8 Å². The number of hydrogen-bond acceptors (Lipinski definition) is 3. The summed E-state index contributed by atoms with van der Waals surface area (Å²) in [7, 11) is 0. The van der Waals surface area contributed by atoms with Gasteiger partial charge in [0.2, 0.25) is 5.91 Å². The second kappa shape index (κ2) is 55.4. The lowest BCUT2D eigenvalue weighted by molar-refractivity contribution is -0.123. The maximum Gasteiger partial charge on any atom is 0.220 e. The highest BCUT2D eigenvalue weighted by Crippen LogP contribution is 2.17. The molecule has 0 aliphatic carbocycles. The van der Waals surface area contributed by atoms with Crippen LogP contribution in [0.1, 0.15) is 296 Å². The average Bonchev–Trinajstić information content (AvgIpc) is 3.30. The Labute approximate surface area is 400 Å². The van der Waals surface area contributed by atoms with Crippen molar-refractivity contribution in [3.8, 4) is 0 Å². The molecule has 0 saturated heterocycles. The molecule has 0 aromatic rings. The average molecular weight is 895 g/mol. The predicted molar refractivity (Wildman–Crippen MR) is 285 cm³/mol. The maximum atomic E-state index is 12.5. The summed E-state index contributed by atoms with van der Waals surface area (Å²) in [6.07, 6.45) is 78.1. The molecule has 0 rings (SSSR count). The van der Waals surface area contributed by atoms with Gasteiger partial charge in [-0.15, -0.1) is 0 Å². The molecule has 0 aromatic heterocycles. The third-order valence-electron chi connectivity index (χ3n) is 13.0. The van der Waals surface area contributed by atoms with E-state index in [0.717, 1.165) is 51.4 Å². The van der Waals surface area contributed by atoms with Crippen LogP contribution in [0.25, 0.3) is 0 Å². The fraction of sp³-hybridized carbons (Fsp3) is 0.817. The van der Waals surface area contributed by atoms with Crippen molar-refractivity contribution in [2.24, 2.45) is 0 Å². The van der Waals surface area contributed by atoms with Gasteiger partial charge in [-0.3, -0.25) is 4.79 Å². The van der Waals surface area contributed by atoms with E-state index in [0.29, 0.717) is 6.42 Å². The summed E-state index contributed by atoms with van der Waals surface area (Å²) in [6.45, 7) is 4.22. The summed E-state index contributed by atoms with van der Waals surface area (Å²) in [5.74, 6) is -0.0673. The van der Waals surface area contributed by atoms with Crippen LogP contribution in [0.15, 0.2) is 60.8 Å². The molecule has 3 N–H and O–H groups in total. The van der Waals surface area contributed by atoms with E-state index in [-0.39, 0.29) is 12.5 Å². The number of carbonyl (C=O) groups is 1. The van der Waals surface area contributed by atoms with Crippen molar-refractivity contribution in [1.82, 2.24) is 5.32 Å². The van der Waals surface area contributed by atoms with E-state index in [1.165, 1.54) is 225 Å². The van der Waals surface area contributed by atoms with E-state index in [2.05, 4.69) is 67.8 Å². The zero-order valence-corrected chi connectivity index (χ0v) is 43.1. The van der Waals surface area contributed by atoms with Gasteiger partial charge >= 0.3 is 0 Å². The smallest absolute Gasteiger partial charge is 0.220 e. The summed E-state index contributed by atoms with van der Waals surface area (Å²) in [6, 6.07) is -0.628. The molecule has 0 spiro atoms. The van der Waals surface area contributed by atoms with Gasteiger partial charge in [0.15, 0.2) is 0 Å². The number of amides is 1. The molecule has 0 aromatic carbocycles. The molecule has 2 unspecified atom stereocenters. The normalized spacial score (nSPS) is 13.2. The standard InChI is InChI=1S/C60H111NO3/c1-3-5-7-9-11-13-15-17-19-21-23-25-27-28-29-30-31-32-34-35-37-39-41-43-45-47-49-51-53-55-59(63)58(57-62)61-60(64)56-54-52-50-48-46-44-42-40-38-36-33-26-24-22-20-18-16-14-12-10-8-6-4-2/h6,8,12,14,18,20,24,26,53,55,58-59,62-63H,3-5,7,9-11,13,15-17,19,21-23,25,27-52,54,56-57H2,1-2H3,(H,61,64)/b8-6-,14-12-,20-18-,26-24-,55-53+. The van der Waals surface area contributed by atoms with Gasteiger partial charge in [-0.25, -0.2) is 0 Å². The molecule has 0 aliphatic rings. The van der Waals surface area contributed by atoms with Crippen LogP contribution in [0, 0.1) is 0 Å². The van der Waals surface area contributed by atoms with Gasteiger partial charge in [0.1, 0.15) is 0 Å². The third kappa shape index (κ3) is 51.1. The molecule has 2 atom stereocenters. The van der Waals surface area contributed by atoms with E-state index in [9.17, 15) is 15.0 Å². The Balaban J connectivity index is 3.49. The zero-order valence-electron chi connectivity index (χ0n) is 43.1. The lowest BCUT2D eigenvalue weighted by Gasteiger charge is -2.20. The van der Waals surface area contributed by atoms with Crippen LogP contribution >= 0.6 is 0 Å². The molecule has 4 nitrogen and oxygen atoms in total. The van der Waals surface area contributed by atoms with Crippen LogP contribution in [-0.2, 0) is 4.79 Å². The van der Waals surface area contributed by atoms with E-state index in [1.807, 2.05) is 6.08 Å². The summed E-state index contributed by atoms with van der Waals surface area (Å²) in [5, 5.41) is 23.2. The first-order valence-corrected chi connectivity index (χ1v) is 28.5. The number of unbranched alkanes of at least 4 members (excludes halogenated alkanes) is 37. The lowest BCUT2D eigenvalue weighted by atomic mass is 10.0. The molecule has 64 heavy (non-hydrogen) atoms. The number of rotatable bonds is 52. The molecule has 4 heteroatoms. The summed E-state index contributed by atoms with van der Waals surface area (Å²) < 4.78 is 0. The fourth-order valence-corrected chi connectivity index (χ4v) is 8.70. The molecule has 0 saturated carbocycles. The Morgan fingerprint density at radius 2 is 0.688 bits per heavy atom. The Hall–Kier alpha value is -1.91. The number of aliphatic hydroxyl groups excluding tert-OH is 2. The first-order chi connectivity index (χ1) is 31.7. The highest BCUT2D eigenvalue weighted by molar-refractivity contribution is 5.76. The summed E-state index contributed by atoms with van der Waals surface area (Å²) in [5.41, 5.74) is 0. The molecular formula is C60H111NO3. The zero-order chi connectivity index (χ0) is 46.3. The summed E-state index contributed by atoms with van der Waals surface area (Å²) >= 11 is 0. The van der Waals surface area contributed by atoms with Crippen molar-refractivity contribution in [3.05, 3.63) is 60.8 Å². The minimum absolute atomic E-state index is 0.0673. The number of carbonyl (C=O) groups excluding carboxylic acids is 1. The van der Waals surface area contributed by atoms with Crippen LogP contribution in [0.3, 0.4) is 0 Å². The van der Waals surface area contributed by atoms with Crippen LogP contribution < -0.4 is 5.32 Å². The monoisotopic (exact) mass is 894 g/mol. The molecular weight excluding hydrogens is 783 g/mol. The van der Waals surface area contributed by atoms with Gasteiger partial charge in [0.25, 0.3) is 0 Å². The van der Waals surface area contributed by atoms with Crippen molar-refractivity contribution in [1.29, 1.82) is 0 Å². The van der Waals surface area contributed by atoms with Crippen molar-refractivity contribution in [2.45, 2.75) is 309 Å². The number of aliphatic hydroxyl groups is 2. The van der Waals surface area contributed by atoms with Crippen LogP contribution in [0.5, 0.6) is 0 Å². The second-order valence-electron chi connectivity index (χ2n) is 19.3. The fourth-order valence-electron chi connectivity index (χ4n) is 8.70. The van der Waals surface area contributed by atoms with E-state index < -0.39 is 12.1 Å². The number of allylic oxidation sites excluding steroid dienone is 9. The molecule has 1 amide bonds. The van der Waals surface area contributed by atoms with Crippen molar-refractivity contribution < 1.29 is 15.0 Å². The highest BCUT2D eigenvalue weighted by atomic mass is 16.3. The van der Waals surface area contributed by atoms with Gasteiger partial charge in [0, 0.05) is 6.42 Å². The quantitative estimate of drug-likeness (QED) is 0.0421. The Bertz CT molecular complexity index is 1060. The second-order valence-corrected chi connectivity index (χ2v) is 19.3. The van der Waals surface area contributed by atoms with Crippen molar-refractivity contribution in [2.75, 3.05) is 6.61 Å². The Morgan fingerprint density at radius 3 is 1.03 bits per heavy atom. The molecule has 0 heterocycles. The van der Waals surface area contributed by atoms with Gasteiger partial charge < -0.3 is 15.5 Å². The van der Waals surface area contributed by atoms with Crippen LogP contribution in [0.2, 0.25) is 0 Å². The third-order valence-corrected chi connectivity index (χ3v) is 13.0. The topological polar surface area (TPSA) is 69.6 Å². The molecule has 0 fully saturated rings. The number of hydrogen-bond donors (Lipinski definition) is 3. The molecule has 374 valence electrons. The Kier molecular flexibility index (Phi) is 53.8. The van der Waals surface area contributed by atoms with E-state index >= 15 is 0 Å².